The van der Waals surface area contributed by atoms with E-state index in [-0.39, 0.29) is 0 Å². The molecule has 0 radical (unpaired) electrons. The average molecular weight is 475 g/mol. The van der Waals surface area contributed by atoms with E-state index in [4.69, 9.17) is 9.47 Å². The van der Waals surface area contributed by atoms with Gasteiger partial charge in [-0.3, -0.25) is 4.99 Å². The lowest BCUT2D eigenvalue weighted by Crippen LogP contribution is -1.97. The lowest BCUT2D eigenvalue weighted by atomic mass is 10.2. The quantitative estimate of drug-likeness (QED) is 0.379. The first kappa shape index (κ1) is 18.7. The van der Waals surface area contributed by atoms with Crippen LogP contribution in [0.5, 0.6) is 11.5 Å². The molecule has 0 heterocycles. The van der Waals surface area contributed by atoms with Crippen LogP contribution in [0.3, 0.4) is 0 Å². The zero-order valence-corrected chi connectivity index (χ0v) is 17.3. The molecule has 3 aromatic rings. The average Bonchev–Trinajstić information content (AvgIpc) is 2.67. The van der Waals surface area contributed by atoms with E-state index < -0.39 is 0 Å². The fraction of sp³-hybridized carbons (Fsp3) is 0.0952. The molecule has 3 nitrogen and oxygen atoms in total. The summed E-state index contributed by atoms with van der Waals surface area (Å²) in [5.74, 6) is 1.59. The fourth-order valence-electron chi connectivity index (χ4n) is 2.34. The minimum Gasteiger partial charge on any atom is -0.497 e. The highest BCUT2D eigenvalue weighted by Gasteiger charge is 2.09. The normalized spacial score (nSPS) is 10.9. The molecular weight excluding hydrogens is 458 g/mol. The SMILES string of the molecule is COc1ccc(N=Cc2cc(Br)c(OCc3ccccc3)c(Br)c2)cc1. The van der Waals surface area contributed by atoms with Crippen LogP contribution < -0.4 is 9.47 Å². The number of benzene rings is 3. The van der Waals surface area contributed by atoms with Crippen molar-refractivity contribution < 1.29 is 9.47 Å². The second-order valence-electron chi connectivity index (χ2n) is 5.54. The first-order chi connectivity index (χ1) is 12.7. The van der Waals surface area contributed by atoms with E-state index in [1.54, 1.807) is 7.11 Å². The van der Waals surface area contributed by atoms with Crippen LogP contribution in [-0.2, 0) is 6.61 Å². The summed E-state index contributed by atoms with van der Waals surface area (Å²) >= 11 is 7.17. The van der Waals surface area contributed by atoms with Crippen LogP contribution in [0.4, 0.5) is 5.69 Å². The third kappa shape index (κ3) is 4.96. The van der Waals surface area contributed by atoms with Gasteiger partial charge >= 0.3 is 0 Å². The predicted molar refractivity (Wildman–Crippen MR) is 113 cm³/mol. The minimum absolute atomic E-state index is 0.511. The van der Waals surface area contributed by atoms with E-state index in [1.165, 1.54) is 0 Å². The molecule has 0 aromatic heterocycles. The Morgan fingerprint density at radius 1 is 0.923 bits per heavy atom. The lowest BCUT2D eigenvalue weighted by Gasteiger charge is -2.11. The highest BCUT2D eigenvalue weighted by molar-refractivity contribution is 9.11. The molecule has 3 aromatic carbocycles. The Morgan fingerprint density at radius 3 is 2.19 bits per heavy atom. The van der Waals surface area contributed by atoms with E-state index in [9.17, 15) is 0 Å². The van der Waals surface area contributed by atoms with Crippen molar-refractivity contribution in [1.29, 1.82) is 0 Å². The van der Waals surface area contributed by atoms with Gasteiger partial charge in [0, 0.05) is 6.21 Å². The third-order valence-corrected chi connectivity index (χ3v) is 4.86. The maximum absolute atomic E-state index is 5.94. The van der Waals surface area contributed by atoms with Crippen molar-refractivity contribution in [2.75, 3.05) is 7.11 Å². The Morgan fingerprint density at radius 2 is 1.58 bits per heavy atom. The summed E-state index contributed by atoms with van der Waals surface area (Å²) in [6.45, 7) is 0.511. The van der Waals surface area contributed by atoms with Gasteiger partial charge < -0.3 is 9.47 Å². The first-order valence-electron chi connectivity index (χ1n) is 7.99. The predicted octanol–water partition coefficient (Wildman–Crippen LogP) is 6.55. The zero-order chi connectivity index (χ0) is 18.4. The summed E-state index contributed by atoms with van der Waals surface area (Å²) in [7, 11) is 1.65. The number of ether oxygens (including phenoxy) is 2. The van der Waals surface area contributed by atoms with Gasteiger partial charge in [-0.25, -0.2) is 0 Å². The standard InChI is InChI=1S/C21H17Br2NO2/c1-25-18-9-7-17(8-10-18)24-13-16-11-19(22)21(20(23)12-16)26-14-15-5-3-2-4-6-15/h2-13H,14H2,1H3. The molecule has 0 saturated heterocycles. The van der Waals surface area contributed by atoms with Gasteiger partial charge in [0.05, 0.1) is 21.7 Å². The molecule has 132 valence electrons. The summed E-state index contributed by atoms with van der Waals surface area (Å²) in [5, 5.41) is 0. The minimum atomic E-state index is 0.511. The Balaban J connectivity index is 1.72. The van der Waals surface area contributed by atoms with Gasteiger partial charge in [-0.15, -0.1) is 0 Å². The Bertz CT molecular complexity index is 871. The van der Waals surface area contributed by atoms with Gasteiger partial charge in [-0.2, -0.15) is 0 Å². The second kappa shape index (κ2) is 9.01. The van der Waals surface area contributed by atoms with Crippen molar-refractivity contribution in [1.82, 2.24) is 0 Å². The molecule has 0 atom stereocenters. The second-order valence-corrected chi connectivity index (χ2v) is 7.25. The van der Waals surface area contributed by atoms with E-state index in [0.29, 0.717) is 6.61 Å². The zero-order valence-electron chi connectivity index (χ0n) is 14.2. The monoisotopic (exact) mass is 473 g/mol. The van der Waals surface area contributed by atoms with Crippen LogP contribution in [0.1, 0.15) is 11.1 Å². The Hall–Kier alpha value is -2.11. The highest BCUT2D eigenvalue weighted by atomic mass is 79.9. The van der Waals surface area contributed by atoms with E-state index in [1.807, 2.05) is 72.9 Å². The maximum Gasteiger partial charge on any atom is 0.148 e. The topological polar surface area (TPSA) is 30.8 Å². The van der Waals surface area contributed by atoms with Crippen LogP contribution in [-0.4, -0.2) is 13.3 Å². The summed E-state index contributed by atoms with van der Waals surface area (Å²) in [6, 6.07) is 21.6. The number of rotatable bonds is 6. The molecule has 0 unspecified atom stereocenters. The summed E-state index contributed by atoms with van der Waals surface area (Å²) in [6.07, 6.45) is 1.82. The molecule has 0 amide bonds. The fourth-order valence-corrected chi connectivity index (χ4v) is 3.79. The smallest absolute Gasteiger partial charge is 0.148 e. The summed E-state index contributed by atoms with van der Waals surface area (Å²) in [5.41, 5.74) is 2.95. The van der Waals surface area contributed by atoms with Crippen molar-refractivity contribution in [3.05, 3.63) is 86.8 Å². The molecule has 0 bridgehead atoms. The number of hydrogen-bond acceptors (Lipinski definition) is 3. The van der Waals surface area contributed by atoms with Crippen molar-refractivity contribution in [3.63, 3.8) is 0 Å². The van der Waals surface area contributed by atoms with Crippen molar-refractivity contribution in [2.45, 2.75) is 6.61 Å². The van der Waals surface area contributed by atoms with Crippen LogP contribution >= 0.6 is 31.9 Å². The van der Waals surface area contributed by atoms with Crippen molar-refractivity contribution in [2.24, 2.45) is 4.99 Å². The molecule has 0 aliphatic carbocycles. The molecule has 0 aliphatic heterocycles. The largest absolute Gasteiger partial charge is 0.497 e. The molecule has 5 heteroatoms. The lowest BCUT2D eigenvalue weighted by molar-refractivity contribution is 0.302. The maximum atomic E-state index is 5.94. The van der Waals surface area contributed by atoms with Crippen molar-refractivity contribution in [3.8, 4) is 11.5 Å². The molecule has 26 heavy (non-hydrogen) atoms. The van der Waals surface area contributed by atoms with Crippen LogP contribution in [0.2, 0.25) is 0 Å². The van der Waals surface area contributed by atoms with Gasteiger partial charge in [-0.05, 0) is 79.4 Å². The van der Waals surface area contributed by atoms with Gasteiger partial charge in [0.2, 0.25) is 0 Å². The molecule has 0 spiro atoms. The third-order valence-electron chi connectivity index (χ3n) is 3.68. The number of hydrogen-bond donors (Lipinski definition) is 0. The highest BCUT2D eigenvalue weighted by Crippen LogP contribution is 2.35. The molecule has 0 N–H and O–H groups in total. The van der Waals surface area contributed by atoms with Crippen LogP contribution in [0.15, 0.2) is 80.7 Å². The summed E-state index contributed by atoms with van der Waals surface area (Å²) < 4.78 is 12.8. The first-order valence-corrected chi connectivity index (χ1v) is 9.58. The van der Waals surface area contributed by atoms with Gasteiger partial charge in [-0.1, -0.05) is 30.3 Å². The number of nitrogens with zero attached hydrogens (tertiary/aromatic N) is 1. The molecule has 3 rings (SSSR count). The van der Waals surface area contributed by atoms with E-state index in [0.717, 1.165) is 37.3 Å². The number of methoxy groups -OCH3 is 1. The Labute approximate surface area is 169 Å². The molecule has 0 saturated carbocycles. The van der Waals surface area contributed by atoms with Crippen molar-refractivity contribution >= 4 is 43.8 Å². The molecular formula is C21H17Br2NO2. The number of aliphatic imine (C=N–C) groups is 1. The van der Waals surface area contributed by atoms with Gasteiger partial charge in [0.25, 0.3) is 0 Å². The molecule has 0 aliphatic rings. The van der Waals surface area contributed by atoms with Gasteiger partial charge in [0.1, 0.15) is 18.1 Å². The van der Waals surface area contributed by atoms with Gasteiger partial charge in [0.15, 0.2) is 0 Å². The van der Waals surface area contributed by atoms with Crippen LogP contribution in [0.25, 0.3) is 0 Å². The Kier molecular flexibility index (Phi) is 6.47. The van der Waals surface area contributed by atoms with E-state index in [2.05, 4.69) is 36.9 Å². The summed E-state index contributed by atoms with van der Waals surface area (Å²) in [4.78, 5) is 4.49. The number of halogens is 2. The van der Waals surface area contributed by atoms with E-state index >= 15 is 0 Å². The molecule has 0 fully saturated rings. The van der Waals surface area contributed by atoms with Crippen LogP contribution in [0, 0.1) is 0 Å².